The van der Waals surface area contributed by atoms with E-state index in [1.165, 1.54) is 32.1 Å². The Bertz CT molecular complexity index is 134. The highest BCUT2D eigenvalue weighted by molar-refractivity contribution is 5.77. The van der Waals surface area contributed by atoms with Crippen LogP contribution in [-0.2, 0) is 4.79 Å². The van der Waals surface area contributed by atoms with Crippen LogP contribution in [0, 0.1) is 0 Å². The third-order valence-corrected chi connectivity index (χ3v) is 2.18. The normalized spacial score (nSPS) is 12.8. The summed E-state index contributed by atoms with van der Waals surface area (Å²) in [4.78, 5) is 10.8. The molecular weight excluding hydrogens is 162 g/mol. The summed E-state index contributed by atoms with van der Waals surface area (Å²) in [6, 6.07) is 0.550. The lowest BCUT2D eigenvalue weighted by Crippen LogP contribution is -2.32. The highest BCUT2D eigenvalue weighted by Gasteiger charge is 2.06. The molecular formula is C11H23NO. The first-order valence-corrected chi connectivity index (χ1v) is 5.43. The van der Waals surface area contributed by atoms with E-state index in [2.05, 4.69) is 19.2 Å². The van der Waals surface area contributed by atoms with Crippen LogP contribution in [0.25, 0.3) is 0 Å². The van der Waals surface area contributed by atoms with E-state index in [-0.39, 0.29) is 5.78 Å². The molecule has 0 rings (SSSR count). The second kappa shape index (κ2) is 8.24. The molecule has 0 aromatic carbocycles. The maximum atomic E-state index is 10.8. The molecule has 2 heteroatoms. The Morgan fingerprint density at radius 3 is 2.38 bits per heavy atom. The summed E-state index contributed by atoms with van der Waals surface area (Å²) in [6.07, 6.45) is 6.09. The van der Waals surface area contributed by atoms with Crippen molar-refractivity contribution in [1.82, 2.24) is 5.32 Å². The van der Waals surface area contributed by atoms with E-state index < -0.39 is 0 Å². The van der Waals surface area contributed by atoms with Crippen LogP contribution in [0.15, 0.2) is 0 Å². The van der Waals surface area contributed by atoms with E-state index >= 15 is 0 Å². The smallest absolute Gasteiger partial charge is 0.143 e. The monoisotopic (exact) mass is 185 g/mol. The van der Waals surface area contributed by atoms with Crippen LogP contribution in [-0.4, -0.2) is 18.4 Å². The number of hydrogen-bond acceptors (Lipinski definition) is 2. The Hall–Kier alpha value is -0.370. The van der Waals surface area contributed by atoms with Crippen molar-refractivity contribution in [1.29, 1.82) is 0 Å². The Kier molecular flexibility index (Phi) is 8.00. The fraction of sp³-hybridized carbons (Fsp3) is 0.909. The van der Waals surface area contributed by atoms with Crippen molar-refractivity contribution >= 4 is 5.78 Å². The van der Waals surface area contributed by atoms with Gasteiger partial charge in [0.25, 0.3) is 0 Å². The van der Waals surface area contributed by atoms with Crippen molar-refractivity contribution in [3.63, 3.8) is 0 Å². The zero-order chi connectivity index (χ0) is 10.1. The maximum absolute atomic E-state index is 10.8. The molecule has 2 nitrogen and oxygen atoms in total. The van der Waals surface area contributed by atoms with Crippen LogP contribution >= 0.6 is 0 Å². The van der Waals surface area contributed by atoms with Gasteiger partial charge in [-0.05, 0) is 19.8 Å². The SMILES string of the molecule is CCCCC(CCC)NCC(C)=O. The number of hydrogen-bond donors (Lipinski definition) is 1. The van der Waals surface area contributed by atoms with Crippen molar-refractivity contribution < 1.29 is 4.79 Å². The predicted octanol–water partition coefficient (Wildman–Crippen LogP) is 2.52. The average Bonchev–Trinajstić information content (AvgIpc) is 2.09. The molecule has 1 unspecified atom stereocenters. The summed E-state index contributed by atoms with van der Waals surface area (Å²) in [5, 5.41) is 3.31. The molecule has 0 spiro atoms. The Morgan fingerprint density at radius 2 is 1.92 bits per heavy atom. The van der Waals surface area contributed by atoms with Crippen molar-refractivity contribution in [3.05, 3.63) is 0 Å². The number of ketones is 1. The molecule has 0 fully saturated rings. The molecule has 0 heterocycles. The lowest BCUT2D eigenvalue weighted by atomic mass is 10.1. The van der Waals surface area contributed by atoms with Crippen LogP contribution in [0.1, 0.15) is 52.9 Å². The van der Waals surface area contributed by atoms with Gasteiger partial charge in [-0.25, -0.2) is 0 Å². The predicted molar refractivity (Wildman–Crippen MR) is 56.9 cm³/mol. The minimum atomic E-state index is 0.234. The average molecular weight is 185 g/mol. The van der Waals surface area contributed by atoms with Gasteiger partial charge in [-0.2, -0.15) is 0 Å². The fourth-order valence-corrected chi connectivity index (χ4v) is 1.44. The molecule has 0 saturated heterocycles. The van der Waals surface area contributed by atoms with Gasteiger partial charge in [-0.1, -0.05) is 33.1 Å². The minimum absolute atomic E-state index is 0.234. The van der Waals surface area contributed by atoms with E-state index in [0.717, 1.165) is 0 Å². The molecule has 0 bridgehead atoms. The van der Waals surface area contributed by atoms with E-state index in [0.29, 0.717) is 12.6 Å². The van der Waals surface area contributed by atoms with Crippen molar-refractivity contribution in [2.24, 2.45) is 0 Å². The minimum Gasteiger partial charge on any atom is -0.307 e. The molecule has 0 aliphatic rings. The lowest BCUT2D eigenvalue weighted by molar-refractivity contribution is -0.116. The third kappa shape index (κ3) is 7.97. The quantitative estimate of drug-likeness (QED) is 0.629. The number of Topliss-reactive ketones (excluding diaryl/α,β-unsaturated/α-hetero) is 1. The lowest BCUT2D eigenvalue weighted by Gasteiger charge is -2.16. The van der Waals surface area contributed by atoms with Gasteiger partial charge in [0.1, 0.15) is 5.78 Å². The van der Waals surface area contributed by atoms with Gasteiger partial charge in [0, 0.05) is 6.04 Å². The van der Waals surface area contributed by atoms with E-state index in [1.54, 1.807) is 6.92 Å². The largest absolute Gasteiger partial charge is 0.307 e. The van der Waals surface area contributed by atoms with Gasteiger partial charge in [-0.3, -0.25) is 4.79 Å². The number of unbranched alkanes of at least 4 members (excludes halogenated alkanes) is 1. The van der Waals surface area contributed by atoms with Crippen molar-refractivity contribution in [3.8, 4) is 0 Å². The van der Waals surface area contributed by atoms with Crippen LogP contribution < -0.4 is 5.32 Å². The summed E-state index contributed by atoms with van der Waals surface area (Å²) in [6.45, 7) is 6.56. The Morgan fingerprint density at radius 1 is 1.23 bits per heavy atom. The molecule has 0 aliphatic carbocycles. The highest BCUT2D eigenvalue weighted by Crippen LogP contribution is 2.06. The first kappa shape index (κ1) is 12.6. The van der Waals surface area contributed by atoms with Crippen LogP contribution in [0.3, 0.4) is 0 Å². The van der Waals surface area contributed by atoms with Crippen LogP contribution in [0.5, 0.6) is 0 Å². The first-order valence-electron chi connectivity index (χ1n) is 5.43. The van der Waals surface area contributed by atoms with Crippen LogP contribution in [0.4, 0.5) is 0 Å². The zero-order valence-electron chi connectivity index (χ0n) is 9.23. The second-order valence-electron chi connectivity index (χ2n) is 3.71. The highest BCUT2D eigenvalue weighted by atomic mass is 16.1. The molecule has 0 aromatic rings. The molecule has 0 amide bonds. The number of carbonyl (C=O) groups excluding carboxylic acids is 1. The topological polar surface area (TPSA) is 29.1 Å². The van der Waals surface area contributed by atoms with Gasteiger partial charge in [0.15, 0.2) is 0 Å². The maximum Gasteiger partial charge on any atom is 0.143 e. The summed E-state index contributed by atoms with van der Waals surface area (Å²) in [5.41, 5.74) is 0. The molecule has 78 valence electrons. The summed E-state index contributed by atoms with van der Waals surface area (Å²) >= 11 is 0. The molecule has 0 aliphatic heterocycles. The van der Waals surface area contributed by atoms with E-state index in [4.69, 9.17) is 0 Å². The summed E-state index contributed by atoms with van der Waals surface area (Å²) in [7, 11) is 0. The molecule has 0 aromatic heterocycles. The molecule has 0 saturated carbocycles. The molecule has 1 N–H and O–H groups in total. The van der Waals surface area contributed by atoms with Gasteiger partial charge in [0.2, 0.25) is 0 Å². The van der Waals surface area contributed by atoms with Crippen LogP contribution in [0.2, 0.25) is 0 Å². The fourth-order valence-electron chi connectivity index (χ4n) is 1.44. The second-order valence-corrected chi connectivity index (χ2v) is 3.71. The molecule has 13 heavy (non-hydrogen) atoms. The van der Waals surface area contributed by atoms with Gasteiger partial charge in [-0.15, -0.1) is 0 Å². The first-order chi connectivity index (χ1) is 6.20. The number of nitrogens with one attached hydrogen (secondary N) is 1. The van der Waals surface area contributed by atoms with E-state index in [9.17, 15) is 4.79 Å². The van der Waals surface area contributed by atoms with Crippen molar-refractivity contribution in [2.45, 2.75) is 58.9 Å². The number of carbonyl (C=O) groups is 1. The Balaban J connectivity index is 3.59. The zero-order valence-corrected chi connectivity index (χ0v) is 9.23. The third-order valence-electron chi connectivity index (χ3n) is 2.18. The summed E-state index contributed by atoms with van der Waals surface area (Å²) in [5.74, 6) is 0.234. The van der Waals surface area contributed by atoms with Gasteiger partial charge < -0.3 is 5.32 Å². The van der Waals surface area contributed by atoms with Gasteiger partial charge in [0.05, 0.1) is 6.54 Å². The Labute approximate surface area is 82.1 Å². The van der Waals surface area contributed by atoms with Gasteiger partial charge >= 0.3 is 0 Å². The summed E-state index contributed by atoms with van der Waals surface area (Å²) < 4.78 is 0. The number of rotatable bonds is 8. The molecule has 0 radical (unpaired) electrons. The molecule has 1 atom stereocenters. The van der Waals surface area contributed by atoms with Crippen molar-refractivity contribution in [2.75, 3.05) is 6.54 Å². The van der Waals surface area contributed by atoms with E-state index in [1.807, 2.05) is 0 Å². The standard InChI is InChI=1S/C11H23NO/c1-4-6-8-11(7-5-2)12-9-10(3)13/h11-12H,4-9H2,1-3H3.